The Labute approximate surface area is 375 Å². The van der Waals surface area contributed by atoms with E-state index in [4.69, 9.17) is 18.5 Å². The van der Waals surface area contributed by atoms with Crippen LogP contribution in [0.1, 0.15) is 271 Å². The number of phosphoric ester groups is 1. The van der Waals surface area contributed by atoms with Crippen LogP contribution < -0.4 is 0 Å². The van der Waals surface area contributed by atoms with Crippen LogP contribution in [0.25, 0.3) is 0 Å². The van der Waals surface area contributed by atoms with Gasteiger partial charge >= 0.3 is 19.8 Å². The molecule has 10 nitrogen and oxygen atoms in total. The predicted molar refractivity (Wildman–Crippen MR) is 252 cm³/mol. The lowest BCUT2D eigenvalue weighted by atomic mass is 10.0. The summed E-state index contributed by atoms with van der Waals surface area (Å²) in [4.78, 5) is 34.7. The summed E-state index contributed by atoms with van der Waals surface area (Å²) < 4.78 is 32.7. The molecule has 0 amide bonds. The normalized spacial score (nSPS) is 13.6. The number of rotatable bonds is 50. The fourth-order valence-electron chi connectivity index (χ4n) is 7.83. The van der Waals surface area contributed by atoms with Gasteiger partial charge in [0.1, 0.15) is 12.2 Å². The smallest absolute Gasteiger partial charge is 0.457 e. The minimum atomic E-state index is -4.63. The fourth-order valence-corrected chi connectivity index (χ4v) is 8.61. The van der Waals surface area contributed by atoms with Gasteiger partial charge in [-0.2, -0.15) is 0 Å². The number of carbonyl (C=O) groups is 2. The first kappa shape index (κ1) is 60.0. The number of unbranched alkanes of at least 4 members (excludes halogenated alkanes) is 36. The Morgan fingerprint density at radius 2 is 0.574 bits per heavy atom. The third-order valence-corrected chi connectivity index (χ3v) is 12.8. The molecule has 0 aliphatic carbocycles. The zero-order chi connectivity index (χ0) is 44.8. The molecule has 61 heavy (non-hydrogen) atoms. The van der Waals surface area contributed by atoms with Crippen molar-refractivity contribution in [2.24, 2.45) is 0 Å². The highest BCUT2D eigenvalue weighted by Gasteiger charge is 2.27. The van der Waals surface area contributed by atoms with Crippen LogP contribution >= 0.6 is 7.82 Å². The summed E-state index contributed by atoms with van der Waals surface area (Å²) in [6, 6.07) is 0. The summed E-state index contributed by atoms with van der Waals surface area (Å²) in [5.41, 5.74) is 0. The summed E-state index contributed by atoms with van der Waals surface area (Å²) in [7, 11) is -4.63. The first-order chi connectivity index (χ1) is 29.8. The molecule has 0 aromatic rings. The van der Waals surface area contributed by atoms with Crippen molar-refractivity contribution >= 4 is 19.8 Å². The van der Waals surface area contributed by atoms with Gasteiger partial charge < -0.3 is 24.6 Å². The zero-order valence-electron chi connectivity index (χ0n) is 39.9. The first-order valence-electron chi connectivity index (χ1n) is 26.0. The predicted octanol–water partition coefficient (Wildman–Crippen LogP) is 14.6. The molecule has 0 saturated carbocycles. The molecule has 3 N–H and O–H groups in total. The number of ether oxygens (including phenoxy) is 2. The van der Waals surface area contributed by atoms with E-state index < -0.39 is 58.4 Å². The van der Waals surface area contributed by atoms with Gasteiger partial charge in [0.2, 0.25) is 0 Å². The Bertz CT molecular complexity index is 982. The molecule has 0 aliphatic rings. The Kier molecular flexibility index (Phi) is 46.2. The van der Waals surface area contributed by atoms with E-state index in [-0.39, 0.29) is 12.8 Å². The quantitative estimate of drug-likeness (QED) is 0.0306. The Balaban J connectivity index is 3.76. The van der Waals surface area contributed by atoms with Gasteiger partial charge in [0.25, 0.3) is 0 Å². The zero-order valence-corrected chi connectivity index (χ0v) is 40.8. The SMILES string of the molecule is CCCCCCCCCCCCCCCCCCCCCCCCCC(=O)OC(CO)COP(=O)(O)OCC(CO)OC(=O)CCCCCCCCCCCCCCCCC. The average Bonchev–Trinajstić information content (AvgIpc) is 3.25. The molecule has 0 heterocycles. The van der Waals surface area contributed by atoms with Gasteiger partial charge in [0.05, 0.1) is 26.4 Å². The number of aliphatic hydroxyl groups is 2. The maximum Gasteiger partial charge on any atom is 0.472 e. The lowest BCUT2D eigenvalue weighted by Gasteiger charge is -2.20. The van der Waals surface area contributed by atoms with E-state index >= 15 is 0 Å². The maximum atomic E-state index is 12.4. The summed E-state index contributed by atoms with van der Waals surface area (Å²) in [6.07, 6.45) is 46.5. The molecule has 0 aromatic carbocycles. The molecule has 3 atom stereocenters. The van der Waals surface area contributed by atoms with Crippen molar-refractivity contribution in [2.45, 2.75) is 283 Å². The van der Waals surface area contributed by atoms with Gasteiger partial charge in [-0.05, 0) is 12.8 Å². The number of phosphoric acid groups is 1. The van der Waals surface area contributed by atoms with Crippen LogP contribution in [0.3, 0.4) is 0 Å². The summed E-state index contributed by atoms with van der Waals surface area (Å²) in [5, 5.41) is 19.2. The number of hydrogen-bond acceptors (Lipinski definition) is 9. The number of carbonyl (C=O) groups excluding carboxylic acids is 2. The van der Waals surface area contributed by atoms with E-state index in [9.17, 15) is 29.3 Å². The van der Waals surface area contributed by atoms with Gasteiger partial charge in [-0.15, -0.1) is 0 Å². The highest BCUT2D eigenvalue weighted by atomic mass is 31.2. The molecule has 0 fully saturated rings. The standard InChI is InChI=1S/C50H99O10P/c1-3-5-7-9-11-13-15-17-19-20-21-22-23-24-25-26-28-30-32-34-36-38-40-42-50(54)60-48(44-52)46-58-61(55,56)57-45-47(43-51)59-49(53)41-39-37-35-33-31-29-27-18-16-14-12-10-8-6-4-2/h47-48,51-52H,3-46H2,1-2H3,(H,55,56). The van der Waals surface area contributed by atoms with E-state index in [1.165, 1.54) is 193 Å². The molecule has 3 unspecified atom stereocenters. The van der Waals surface area contributed by atoms with Gasteiger partial charge in [-0.25, -0.2) is 4.57 Å². The monoisotopic (exact) mass is 891 g/mol. The molecule has 364 valence electrons. The van der Waals surface area contributed by atoms with Crippen LogP contribution in [-0.2, 0) is 32.7 Å². The van der Waals surface area contributed by atoms with E-state index in [1.807, 2.05) is 0 Å². The van der Waals surface area contributed by atoms with Crippen LogP contribution in [0.5, 0.6) is 0 Å². The van der Waals surface area contributed by atoms with Crippen molar-refractivity contribution < 1.29 is 47.8 Å². The van der Waals surface area contributed by atoms with E-state index in [0.717, 1.165) is 38.5 Å². The summed E-state index contributed by atoms with van der Waals surface area (Å²) >= 11 is 0. The van der Waals surface area contributed by atoms with Crippen molar-refractivity contribution in [3.8, 4) is 0 Å². The molecule has 0 spiro atoms. The van der Waals surface area contributed by atoms with Crippen LogP contribution in [0.2, 0.25) is 0 Å². The highest BCUT2D eigenvalue weighted by molar-refractivity contribution is 7.47. The third kappa shape index (κ3) is 45.3. The van der Waals surface area contributed by atoms with Crippen LogP contribution in [-0.4, -0.2) is 65.7 Å². The van der Waals surface area contributed by atoms with Gasteiger partial charge in [0.15, 0.2) is 0 Å². The highest BCUT2D eigenvalue weighted by Crippen LogP contribution is 2.43. The van der Waals surface area contributed by atoms with Crippen molar-refractivity contribution in [3.05, 3.63) is 0 Å². The fraction of sp³-hybridized carbons (Fsp3) is 0.960. The van der Waals surface area contributed by atoms with Gasteiger partial charge in [0, 0.05) is 12.8 Å². The van der Waals surface area contributed by atoms with Crippen molar-refractivity contribution in [1.82, 2.24) is 0 Å². The topological polar surface area (TPSA) is 149 Å². The van der Waals surface area contributed by atoms with Gasteiger partial charge in [-0.1, -0.05) is 245 Å². The van der Waals surface area contributed by atoms with Crippen LogP contribution in [0.15, 0.2) is 0 Å². The molecular formula is C50H99O10P. The number of hydrogen-bond donors (Lipinski definition) is 3. The second-order valence-electron chi connectivity index (χ2n) is 17.9. The molecule has 0 saturated heterocycles. The molecule has 0 radical (unpaired) electrons. The van der Waals surface area contributed by atoms with E-state index in [2.05, 4.69) is 13.8 Å². The molecule has 0 aliphatic heterocycles. The number of aliphatic hydroxyl groups excluding tert-OH is 2. The minimum Gasteiger partial charge on any atom is -0.457 e. The maximum absolute atomic E-state index is 12.4. The minimum absolute atomic E-state index is 0.200. The van der Waals surface area contributed by atoms with Crippen molar-refractivity contribution in [2.75, 3.05) is 26.4 Å². The Morgan fingerprint density at radius 3 is 0.770 bits per heavy atom. The van der Waals surface area contributed by atoms with E-state index in [0.29, 0.717) is 12.8 Å². The van der Waals surface area contributed by atoms with Gasteiger partial charge in [-0.3, -0.25) is 18.6 Å². The van der Waals surface area contributed by atoms with Crippen LogP contribution in [0, 0.1) is 0 Å². The lowest BCUT2D eigenvalue weighted by Crippen LogP contribution is -2.28. The molecule has 0 bridgehead atoms. The first-order valence-corrected chi connectivity index (χ1v) is 27.5. The van der Waals surface area contributed by atoms with Crippen molar-refractivity contribution in [3.63, 3.8) is 0 Å². The second kappa shape index (κ2) is 46.9. The number of esters is 2. The van der Waals surface area contributed by atoms with Crippen LogP contribution in [0.4, 0.5) is 0 Å². The van der Waals surface area contributed by atoms with Crippen molar-refractivity contribution in [1.29, 1.82) is 0 Å². The Morgan fingerprint density at radius 1 is 0.377 bits per heavy atom. The molecular weight excluding hydrogens is 792 g/mol. The average molecular weight is 891 g/mol. The third-order valence-electron chi connectivity index (χ3n) is 11.8. The lowest BCUT2D eigenvalue weighted by molar-refractivity contribution is -0.153. The second-order valence-corrected chi connectivity index (χ2v) is 19.3. The Hall–Kier alpha value is -1.03. The summed E-state index contributed by atoms with van der Waals surface area (Å²) in [6.45, 7) is 2.28. The molecule has 11 heteroatoms. The molecule has 0 aromatic heterocycles. The largest absolute Gasteiger partial charge is 0.472 e. The summed E-state index contributed by atoms with van der Waals surface area (Å²) in [5.74, 6) is -1.000. The van der Waals surface area contributed by atoms with E-state index in [1.54, 1.807) is 0 Å². The molecule has 0 rings (SSSR count).